The van der Waals surface area contributed by atoms with Crippen molar-refractivity contribution in [2.45, 2.75) is 5.56 Å². The predicted molar refractivity (Wildman–Crippen MR) is 29.7 cm³/mol. The zero-order valence-corrected chi connectivity index (χ0v) is 5.24. The molecule has 0 amide bonds. The van der Waals surface area contributed by atoms with E-state index in [1.54, 1.807) is 0 Å². The van der Waals surface area contributed by atoms with Gasteiger partial charge < -0.3 is 4.74 Å². The minimum atomic E-state index is -0.760. The van der Waals surface area contributed by atoms with Crippen LogP contribution in [-0.2, 0) is 9.53 Å². The molecular formula is C4H2Cl2O2. The normalized spacial score (nSPS) is 27.5. The number of alkyl halides is 1. The highest BCUT2D eigenvalue weighted by Crippen LogP contribution is 2.21. The lowest BCUT2D eigenvalue weighted by Gasteiger charge is -1.96. The van der Waals surface area contributed by atoms with Crippen molar-refractivity contribution in [3.63, 3.8) is 0 Å². The highest BCUT2D eigenvalue weighted by atomic mass is 35.5. The van der Waals surface area contributed by atoms with Crippen LogP contribution < -0.4 is 0 Å². The summed E-state index contributed by atoms with van der Waals surface area (Å²) in [6.07, 6.45) is 1.15. The number of rotatable bonds is 0. The molecular weight excluding hydrogens is 151 g/mol. The van der Waals surface area contributed by atoms with Crippen molar-refractivity contribution >= 4 is 29.2 Å². The van der Waals surface area contributed by atoms with Gasteiger partial charge in [-0.3, -0.25) is 0 Å². The zero-order chi connectivity index (χ0) is 6.15. The maximum Gasteiger partial charge on any atom is 0.333 e. The van der Waals surface area contributed by atoms with E-state index in [-0.39, 0.29) is 5.03 Å². The van der Waals surface area contributed by atoms with Crippen molar-refractivity contribution in [2.75, 3.05) is 0 Å². The molecule has 2 nitrogen and oxygen atoms in total. The zero-order valence-electron chi connectivity index (χ0n) is 3.73. The molecule has 0 aromatic carbocycles. The molecule has 0 saturated carbocycles. The van der Waals surface area contributed by atoms with Crippen LogP contribution in [0.4, 0.5) is 0 Å². The van der Waals surface area contributed by atoms with Gasteiger partial charge in [-0.1, -0.05) is 23.2 Å². The molecule has 0 aliphatic carbocycles. The summed E-state index contributed by atoms with van der Waals surface area (Å²) in [5, 5.41) is 0.247. The molecule has 4 heteroatoms. The highest BCUT2D eigenvalue weighted by molar-refractivity contribution is 6.39. The second kappa shape index (κ2) is 1.96. The van der Waals surface area contributed by atoms with Crippen LogP contribution in [0.5, 0.6) is 0 Å². The molecule has 1 unspecified atom stereocenters. The van der Waals surface area contributed by atoms with Gasteiger partial charge in [-0.05, 0) is 0 Å². The van der Waals surface area contributed by atoms with E-state index in [4.69, 9.17) is 23.2 Å². The van der Waals surface area contributed by atoms with Crippen LogP contribution in [0.15, 0.2) is 11.1 Å². The average molecular weight is 153 g/mol. The van der Waals surface area contributed by atoms with Crippen LogP contribution in [0.25, 0.3) is 0 Å². The Morgan fingerprint density at radius 1 is 1.75 bits per heavy atom. The summed E-state index contributed by atoms with van der Waals surface area (Å²) in [4.78, 5) is 10.2. The smallest absolute Gasteiger partial charge is 0.333 e. The molecule has 1 heterocycles. The van der Waals surface area contributed by atoms with E-state index in [0.717, 1.165) is 6.08 Å². The molecule has 1 rings (SSSR count). The molecule has 0 bridgehead atoms. The predicted octanol–water partition coefficient (Wildman–Crippen LogP) is 1.23. The molecule has 0 radical (unpaired) electrons. The summed E-state index contributed by atoms with van der Waals surface area (Å²) in [7, 11) is 0. The fourth-order valence-corrected chi connectivity index (χ4v) is 0.655. The van der Waals surface area contributed by atoms with Gasteiger partial charge in [-0.25, -0.2) is 4.79 Å². The molecule has 8 heavy (non-hydrogen) atoms. The summed E-state index contributed by atoms with van der Waals surface area (Å²) in [6, 6.07) is 0. The lowest BCUT2D eigenvalue weighted by molar-refractivity contribution is -0.136. The molecule has 44 valence electrons. The summed E-state index contributed by atoms with van der Waals surface area (Å²) < 4.78 is 4.38. The summed E-state index contributed by atoms with van der Waals surface area (Å²) in [5.74, 6) is -0.477. The summed E-state index contributed by atoms with van der Waals surface area (Å²) in [5.41, 5.74) is -0.760. The number of carbonyl (C=O) groups is 1. The van der Waals surface area contributed by atoms with Gasteiger partial charge in [-0.2, -0.15) is 0 Å². The Hall–Kier alpha value is -0.210. The second-order valence-corrected chi connectivity index (χ2v) is 2.11. The van der Waals surface area contributed by atoms with Crippen molar-refractivity contribution in [1.29, 1.82) is 0 Å². The van der Waals surface area contributed by atoms with Gasteiger partial charge in [0.05, 0.1) is 5.03 Å². The first-order chi connectivity index (χ1) is 3.70. The summed E-state index contributed by atoms with van der Waals surface area (Å²) >= 11 is 10.7. The van der Waals surface area contributed by atoms with Gasteiger partial charge in [0.1, 0.15) is 0 Å². The molecule has 1 aliphatic heterocycles. The molecule has 0 aromatic rings. The van der Waals surface area contributed by atoms with Gasteiger partial charge in [0, 0.05) is 6.08 Å². The van der Waals surface area contributed by atoms with Crippen LogP contribution in [0.2, 0.25) is 0 Å². The molecule has 0 saturated heterocycles. The number of halogens is 2. The number of cyclic esters (lactones) is 1. The molecule has 0 fully saturated rings. The van der Waals surface area contributed by atoms with Crippen molar-refractivity contribution in [3.05, 3.63) is 11.1 Å². The van der Waals surface area contributed by atoms with Gasteiger partial charge in [0.25, 0.3) is 0 Å². The summed E-state index contributed by atoms with van der Waals surface area (Å²) in [6.45, 7) is 0. The fraction of sp³-hybridized carbons (Fsp3) is 0.250. The maximum atomic E-state index is 10.2. The van der Waals surface area contributed by atoms with Crippen molar-refractivity contribution in [2.24, 2.45) is 0 Å². The number of ether oxygens (including phenoxy) is 1. The Labute approximate surface area is 56.0 Å². The monoisotopic (exact) mass is 152 g/mol. The Kier molecular flexibility index (Phi) is 1.45. The Morgan fingerprint density at radius 3 is 2.50 bits per heavy atom. The van der Waals surface area contributed by atoms with E-state index in [0.29, 0.717) is 0 Å². The van der Waals surface area contributed by atoms with Crippen molar-refractivity contribution < 1.29 is 9.53 Å². The molecule has 0 N–H and O–H groups in total. The first-order valence-electron chi connectivity index (χ1n) is 1.92. The van der Waals surface area contributed by atoms with Crippen molar-refractivity contribution in [3.8, 4) is 0 Å². The van der Waals surface area contributed by atoms with Gasteiger partial charge >= 0.3 is 5.97 Å². The van der Waals surface area contributed by atoms with E-state index in [1.165, 1.54) is 0 Å². The number of hydrogen-bond donors (Lipinski definition) is 0. The van der Waals surface area contributed by atoms with Crippen molar-refractivity contribution in [1.82, 2.24) is 0 Å². The van der Waals surface area contributed by atoms with E-state index < -0.39 is 11.5 Å². The lowest BCUT2D eigenvalue weighted by Crippen LogP contribution is -1.99. The number of carbonyl (C=O) groups excluding carboxylic acids is 1. The Morgan fingerprint density at radius 2 is 2.38 bits per heavy atom. The van der Waals surface area contributed by atoms with E-state index >= 15 is 0 Å². The Bertz CT molecular complexity index is 152. The average Bonchev–Trinajstić information content (AvgIpc) is 1.85. The lowest BCUT2D eigenvalue weighted by atomic mass is 10.6. The first kappa shape index (κ1) is 5.92. The SMILES string of the molecule is O=C1C=C(Cl)C(Cl)O1. The fourth-order valence-electron chi connectivity index (χ4n) is 0.370. The third-order valence-electron chi connectivity index (χ3n) is 0.692. The number of hydrogen-bond acceptors (Lipinski definition) is 2. The highest BCUT2D eigenvalue weighted by Gasteiger charge is 2.21. The molecule has 0 spiro atoms. The standard InChI is InChI=1S/C4H2Cl2O2/c5-2-1-3(7)8-4(2)6/h1,4H. The van der Waals surface area contributed by atoms with Crippen LogP contribution in [0.1, 0.15) is 0 Å². The first-order valence-corrected chi connectivity index (χ1v) is 2.73. The van der Waals surface area contributed by atoms with Gasteiger partial charge in [0.2, 0.25) is 5.56 Å². The number of esters is 1. The molecule has 0 aromatic heterocycles. The largest absolute Gasteiger partial charge is 0.437 e. The van der Waals surface area contributed by atoms with Crippen LogP contribution in [-0.4, -0.2) is 11.5 Å². The molecule has 1 aliphatic rings. The maximum absolute atomic E-state index is 10.2. The van der Waals surface area contributed by atoms with Crippen LogP contribution in [0.3, 0.4) is 0 Å². The van der Waals surface area contributed by atoms with Gasteiger partial charge in [0.15, 0.2) is 0 Å². The topological polar surface area (TPSA) is 26.3 Å². The minimum Gasteiger partial charge on any atom is -0.437 e. The minimum absolute atomic E-state index is 0.247. The quantitative estimate of drug-likeness (QED) is 0.386. The second-order valence-electron chi connectivity index (χ2n) is 1.28. The van der Waals surface area contributed by atoms with Gasteiger partial charge in [-0.15, -0.1) is 0 Å². The van der Waals surface area contributed by atoms with Crippen LogP contribution >= 0.6 is 23.2 Å². The van der Waals surface area contributed by atoms with E-state index in [2.05, 4.69) is 4.74 Å². The third-order valence-corrected chi connectivity index (χ3v) is 1.44. The van der Waals surface area contributed by atoms with E-state index in [9.17, 15) is 4.79 Å². The van der Waals surface area contributed by atoms with Crippen LogP contribution in [0, 0.1) is 0 Å². The Balaban J connectivity index is 2.73. The molecule has 1 atom stereocenters. The third kappa shape index (κ3) is 0.956. The van der Waals surface area contributed by atoms with E-state index in [1.807, 2.05) is 0 Å².